The number of ether oxygens (including phenoxy) is 3. The number of nitrogens with one attached hydrogen (secondary N) is 2. The molecular weight excluding hydrogens is 354 g/mol. The monoisotopic (exact) mass is 391 g/mol. The third kappa shape index (κ3) is 7.68. The molecule has 1 aromatic rings. The standard InChI is InChI=1S/C22H37N3O3/c1-4-27-16-13-22(11-5-6-12-22)18-24-21(23-2)25-19-9-7-10-20(17-19)28-15-8-14-26-3/h7,9-10,17H,4-6,8,11-16,18H2,1-3H3,(H2,23,24,25). The number of guanidine groups is 1. The predicted molar refractivity (Wildman–Crippen MR) is 115 cm³/mol. The molecule has 0 amide bonds. The third-order valence-electron chi connectivity index (χ3n) is 5.36. The molecule has 0 heterocycles. The maximum Gasteiger partial charge on any atom is 0.195 e. The van der Waals surface area contributed by atoms with Gasteiger partial charge in [-0.25, -0.2) is 0 Å². The van der Waals surface area contributed by atoms with Crippen LogP contribution in [0.25, 0.3) is 0 Å². The van der Waals surface area contributed by atoms with Gasteiger partial charge in [-0.2, -0.15) is 0 Å². The molecule has 1 aliphatic carbocycles. The van der Waals surface area contributed by atoms with E-state index in [4.69, 9.17) is 14.2 Å². The largest absolute Gasteiger partial charge is 0.493 e. The third-order valence-corrected chi connectivity index (χ3v) is 5.36. The first-order valence-corrected chi connectivity index (χ1v) is 10.5. The normalized spacial score (nSPS) is 16.2. The molecule has 158 valence electrons. The molecule has 0 saturated heterocycles. The summed E-state index contributed by atoms with van der Waals surface area (Å²) in [4.78, 5) is 4.39. The second kappa shape index (κ2) is 12.6. The van der Waals surface area contributed by atoms with Crippen molar-refractivity contribution in [2.24, 2.45) is 10.4 Å². The summed E-state index contributed by atoms with van der Waals surface area (Å²) in [5.41, 5.74) is 1.28. The Morgan fingerprint density at radius 1 is 1.18 bits per heavy atom. The maximum atomic E-state index is 5.78. The van der Waals surface area contributed by atoms with E-state index in [0.717, 1.165) is 50.0 Å². The van der Waals surface area contributed by atoms with Gasteiger partial charge in [-0.1, -0.05) is 18.9 Å². The van der Waals surface area contributed by atoms with Crippen molar-refractivity contribution in [3.8, 4) is 5.75 Å². The Balaban J connectivity index is 1.86. The number of methoxy groups -OCH3 is 1. The van der Waals surface area contributed by atoms with Gasteiger partial charge < -0.3 is 24.8 Å². The van der Waals surface area contributed by atoms with Gasteiger partial charge in [0.1, 0.15) is 5.75 Å². The van der Waals surface area contributed by atoms with Gasteiger partial charge in [-0.05, 0) is 43.7 Å². The molecule has 1 aliphatic rings. The summed E-state index contributed by atoms with van der Waals surface area (Å²) in [6.07, 6.45) is 7.12. The Bertz CT molecular complexity index is 586. The highest BCUT2D eigenvalue weighted by Crippen LogP contribution is 2.40. The van der Waals surface area contributed by atoms with Gasteiger partial charge in [0.25, 0.3) is 0 Å². The topological polar surface area (TPSA) is 64.1 Å². The molecule has 6 heteroatoms. The average Bonchev–Trinajstić information content (AvgIpc) is 3.18. The summed E-state index contributed by atoms with van der Waals surface area (Å²) < 4.78 is 16.5. The number of nitrogens with zero attached hydrogens (tertiary/aromatic N) is 1. The number of hydrogen-bond acceptors (Lipinski definition) is 4. The maximum absolute atomic E-state index is 5.78. The van der Waals surface area contributed by atoms with E-state index >= 15 is 0 Å². The van der Waals surface area contributed by atoms with Crippen molar-refractivity contribution in [3.05, 3.63) is 24.3 Å². The van der Waals surface area contributed by atoms with Crippen molar-refractivity contribution in [2.45, 2.75) is 45.4 Å². The van der Waals surface area contributed by atoms with Crippen LogP contribution in [-0.2, 0) is 9.47 Å². The first kappa shape index (κ1) is 22.5. The van der Waals surface area contributed by atoms with Gasteiger partial charge in [0.15, 0.2) is 5.96 Å². The van der Waals surface area contributed by atoms with Crippen LogP contribution in [0.3, 0.4) is 0 Å². The molecule has 1 aromatic carbocycles. The second-order valence-corrected chi connectivity index (χ2v) is 7.43. The number of benzene rings is 1. The number of rotatable bonds is 12. The minimum atomic E-state index is 0.319. The summed E-state index contributed by atoms with van der Waals surface area (Å²) in [6.45, 7) is 5.96. The zero-order valence-corrected chi connectivity index (χ0v) is 17.8. The van der Waals surface area contributed by atoms with E-state index in [0.29, 0.717) is 18.6 Å². The lowest BCUT2D eigenvalue weighted by Gasteiger charge is -2.30. The Morgan fingerprint density at radius 2 is 2.00 bits per heavy atom. The summed E-state index contributed by atoms with van der Waals surface area (Å²) in [6, 6.07) is 7.98. The molecule has 0 bridgehead atoms. The van der Waals surface area contributed by atoms with Crippen LogP contribution in [0.5, 0.6) is 5.75 Å². The second-order valence-electron chi connectivity index (χ2n) is 7.43. The first-order valence-electron chi connectivity index (χ1n) is 10.5. The van der Waals surface area contributed by atoms with E-state index in [1.165, 1.54) is 25.7 Å². The molecule has 0 aliphatic heterocycles. The lowest BCUT2D eigenvalue weighted by Crippen LogP contribution is -2.40. The van der Waals surface area contributed by atoms with Crippen molar-refractivity contribution >= 4 is 11.6 Å². The van der Waals surface area contributed by atoms with E-state index in [9.17, 15) is 0 Å². The van der Waals surface area contributed by atoms with E-state index < -0.39 is 0 Å². The van der Waals surface area contributed by atoms with Crippen LogP contribution >= 0.6 is 0 Å². The summed E-state index contributed by atoms with van der Waals surface area (Å²) in [5.74, 6) is 1.64. The van der Waals surface area contributed by atoms with Crippen LogP contribution in [0.1, 0.15) is 45.4 Å². The molecule has 1 saturated carbocycles. The van der Waals surface area contributed by atoms with E-state index in [2.05, 4.69) is 22.5 Å². The van der Waals surface area contributed by atoms with Gasteiger partial charge in [0, 0.05) is 58.7 Å². The lowest BCUT2D eigenvalue weighted by molar-refractivity contribution is 0.105. The molecular formula is C22H37N3O3. The minimum Gasteiger partial charge on any atom is -0.493 e. The molecule has 2 N–H and O–H groups in total. The Labute approximate surface area is 170 Å². The zero-order chi connectivity index (χ0) is 20.1. The fourth-order valence-corrected chi connectivity index (χ4v) is 3.72. The van der Waals surface area contributed by atoms with Crippen molar-refractivity contribution < 1.29 is 14.2 Å². The number of aliphatic imine (C=N–C) groups is 1. The average molecular weight is 392 g/mol. The van der Waals surface area contributed by atoms with Crippen LogP contribution in [-0.4, -0.2) is 53.1 Å². The summed E-state index contributed by atoms with van der Waals surface area (Å²) in [7, 11) is 3.51. The highest BCUT2D eigenvalue weighted by molar-refractivity contribution is 5.93. The SMILES string of the molecule is CCOCCC1(CNC(=NC)Nc2cccc(OCCCOC)c2)CCCC1. The van der Waals surface area contributed by atoms with E-state index in [1.807, 2.05) is 31.3 Å². The molecule has 28 heavy (non-hydrogen) atoms. The fourth-order valence-electron chi connectivity index (χ4n) is 3.72. The Hall–Kier alpha value is -1.79. The quantitative estimate of drug-likeness (QED) is 0.319. The molecule has 2 rings (SSSR count). The summed E-state index contributed by atoms with van der Waals surface area (Å²) in [5, 5.41) is 6.92. The zero-order valence-electron chi connectivity index (χ0n) is 17.8. The molecule has 1 fully saturated rings. The van der Waals surface area contributed by atoms with Gasteiger partial charge >= 0.3 is 0 Å². The number of anilines is 1. The highest BCUT2D eigenvalue weighted by Gasteiger charge is 2.33. The smallest absolute Gasteiger partial charge is 0.195 e. The molecule has 0 aromatic heterocycles. The molecule has 0 atom stereocenters. The van der Waals surface area contributed by atoms with Crippen molar-refractivity contribution in [3.63, 3.8) is 0 Å². The van der Waals surface area contributed by atoms with Gasteiger partial charge in [-0.15, -0.1) is 0 Å². The van der Waals surface area contributed by atoms with Gasteiger partial charge in [0.05, 0.1) is 6.61 Å². The molecule has 6 nitrogen and oxygen atoms in total. The molecule has 0 unspecified atom stereocenters. The van der Waals surface area contributed by atoms with Gasteiger partial charge in [-0.3, -0.25) is 4.99 Å². The minimum absolute atomic E-state index is 0.319. The Morgan fingerprint density at radius 3 is 2.71 bits per heavy atom. The first-order chi connectivity index (χ1) is 13.7. The Kier molecular flexibility index (Phi) is 10.1. The fraction of sp³-hybridized carbons (Fsp3) is 0.682. The van der Waals surface area contributed by atoms with Crippen LogP contribution in [0.2, 0.25) is 0 Å². The highest BCUT2D eigenvalue weighted by atomic mass is 16.5. The van der Waals surface area contributed by atoms with Crippen LogP contribution in [0, 0.1) is 5.41 Å². The van der Waals surface area contributed by atoms with Crippen molar-refractivity contribution in [1.29, 1.82) is 0 Å². The number of hydrogen-bond donors (Lipinski definition) is 2. The van der Waals surface area contributed by atoms with Crippen LogP contribution in [0.4, 0.5) is 5.69 Å². The predicted octanol–water partition coefficient (Wildman–Crippen LogP) is 4.08. The molecule has 0 radical (unpaired) electrons. The van der Waals surface area contributed by atoms with E-state index in [1.54, 1.807) is 7.11 Å². The lowest BCUT2D eigenvalue weighted by atomic mass is 9.83. The van der Waals surface area contributed by atoms with Gasteiger partial charge in [0.2, 0.25) is 0 Å². The van der Waals surface area contributed by atoms with Crippen LogP contribution in [0.15, 0.2) is 29.3 Å². The summed E-state index contributed by atoms with van der Waals surface area (Å²) >= 11 is 0. The molecule has 0 spiro atoms. The van der Waals surface area contributed by atoms with E-state index in [-0.39, 0.29) is 0 Å². The van der Waals surface area contributed by atoms with Crippen molar-refractivity contribution in [2.75, 3.05) is 52.4 Å². The van der Waals surface area contributed by atoms with Crippen LogP contribution < -0.4 is 15.4 Å². The van der Waals surface area contributed by atoms with Crippen molar-refractivity contribution in [1.82, 2.24) is 5.32 Å².